The average molecular weight is 541 g/mol. The van der Waals surface area contributed by atoms with Crippen molar-refractivity contribution >= 4 is 16.9 Å². The topological polar surface area (TPSA) is 57.2 Å². The van der Waals surface area contributed by atoms with Gasteiger partial charge in [0.15, 0.2) is 14.6 Å². The predicted molar refractivity (Wildman–Crippen MR) is 155 cm³/mol. The van der Waals surface area contributed by atoms with Crippen LogP contribution in [0.25, 0.3) is 0 Å². The van der Waals surface area contributed by atoms with Crippen LogP contribution in [0.3, 0.4) is 0 Å². The van der Waals surface area contributed by atoms with Crippen molar-refractivity contribution in [2.45, 2.75) is 142 Å². The summed E-state index contributed by atoms with van der Waals surface area (Å²) < 4.78 is 25.7. The first-order chi connectivity index (χ1) is 16.7. The largest absolute Gasteiger partial charge is 0.410 e. The van der Waals surface area contributed by atoms with E-state index in [0.717, 1.165) is 25.7 Å². The molecule has 1 heterocycles. The van der Waals surface area contributed by atoms with Gasteiger partial charge in [-0.15, -0.1) is 0 Å². The number of hydrogen-bond acceptors (Lipinski definition) is 5. The van der Waals surface area contributed by atoms with Gasteiger partial charge in [0.25, 0.3) is 0 Å². The van der Waals surface area contributed by atoms with Crippen molar-refractivity contribution in [1.82, 2.24) is 0 Å². The van der Waals surface area contributed by atoms with E-state index in [1.807, 2.05) is 6.92 Å². The lowest BCUT2D eigenvalue weighted by Gasteiger charge is -2.39. The number of hydrogen-bond donors (Lipinski definition) is 1. The summed E-state index contributed by atoms with van der Waals surface area (Å²) in [5.74, 6) is 0.512. The molecule has 2 aliphatic rings. The normalized spacial score (nSPS) is 28.8. The van der Waals surface area contributed by atoms with Gasteiger partial charge >= 0.3 is 8.56 Å². The zero-order valence-corrected chi connectivity index (χ0v) is 27.0. The first kappa shape index (κ1) is 31.9. The molecule has 0 radical (unpaired) electrons. The van der Waals surface area contributed by atoms with Gasteiger partial charge in [0.2, 0.25) is 0 Å². The summed E-state index contributed by atoms with van der Waals surface area (Å²) in [6.07, 6.45) is 12.6. The molecule has 1 aliphatic heterocycles. The Morgan fingerprint density at radius 1 is 1.03 bits per heavy atom. The molecule has 1 aliphatic carbocycles. The smallest absolute Gasteiger partial charge is 0.341 e. The van der Waals surface area contributed by atoms with E-state index < -0.39 is 16.9 Å². The van der Waals surface area contributed by atoms with E-state index in [-0.39, 0.29) is 46.6 Å². The minimum atomic E-state index is -2.89. The van der Waals surface area contributed by atoms with E-state index in [1.165, 1.54) is 0 Å². The highest BCUT2D eigenvalue weighted by Crippen LogP contribution is 2.48. The fraction of sp³-hybridized carbons (Fsp3) is 0.862. The van der Waals surface area contributed by atoms with E-state index in [4.69, 9.17) is 18.3 Å². The summed E-state index contributed by atoms with van der Waals surface area (Å²) in [5, 5.41) is 0.151. The molecule has 5 nitrogen and oxygen atoms in total. The van der Waals surface area contributed by atoms with E-state index in [9.17, 15) is 4.80 Å². The van der Waals surface area contributed by atoms with E-state index in [1.54, 1.807) is 0 Å². The first-order valence-corrected chi connectivity index (χ1v) is 19.3. The van der Waals surface area contributed by atoms with Crippen LogP contribution in [0.2, 0.25) is 29.2 Å². The number of allylic oxidation sites excluding steroid dienone is 1. The molecule has 0 aromatic carbocycles. The van der Waals surface area contributed by atoms with Crippen LogP contribution in [0, 0.1) is 11.8 Å². The van der Waals surface area contributed by atoms with Crippen LogP contribution in [0.1, 0.15) is 88.0 Å². The minimum absolute atomic E-state index is 0.0322. The molecular formula is C29H56O5Si2. The molecule has 2 rings (SSSR count). The number of fused-ring (bicyclic) bond motifs is 1. The molecule has 1 saturated carbocycles. The second kappa shape index (κ2) is 13.2. The SMILES string of the molecule is CC/C=C\C[C@@H](/C=C/[C@H]1[C@H]2CC(OCC)O[C@H]2C[C@H]1O[Si](O)(C(C)C)C(C)C)O[Si](C)(C)C(C)(C)C. The molecule has 2 fully saturated rings. The second-order valence-corrected chi connectivity index (χ2v) is 21.7. The average Bonchev–Trinajstić information content (AvgIpc) is 3.27. The van der Waals surface area contributed by atoms with Crippen LogP contribution >= 0.6 is 0 Å². The van der Waals surface area contributed by atoms with Crippen molar-refractivity contribution in [2.24, 2.45) is 11.8 Å². The maximum absolute atomic E-state index is 11.6. The summed E-state index contributed by atoms with van der Waals surface area (Å²) in [6, 6.07) is 0. The Morgan fingerprint density at radius 2 is 1.67 bits per heavy atom. The van der Waals surface area contributed by atoms with E-state index in [2.05, 4.69) is 92.8 Å². The van der Waals surface area contributed by atoms with Crippen LogP contribution in [0.5, 0.6) is 0 Å². The maximum atomic E-state index is 11.6. The van der Waals surface area contributed by atoms with Crippen LogP contribution < -0.4 is 0 Å². The lowest BCUT2D eigenvalue weighted by molar-refractivity contribution is -0.133. The van der Waals surface area contributed by atoms with Crippen LogP contribution in [0.15, 0.2) is 24.3 Å². The molecule has 36 heavy (non-hydrogen) atoms. The first-order valence-electron chi connectivity index (χ1n) is 14.3. The molecule has 6 atom stereocenters. The molecule has 0 aromatic heterocycles. The number of rotatable bonds is 13. The monoisotopic (exact) mass is 540 g/mol. The number of ether oxygens (including phenoxy) is 2. The van der Waals surface area contributed by atoms with Gasteiger partial charge in [-0.25, -0.2) is 0 Å². The molecular weight excluding hydrogens is 484 g/mol. The molecule has 7 heteroatoms. The minimum Gasteiger partial charge on any atom is -0.410 e. The van der Waals surface area contributed by atoms with Gasteiger partial charge in [0.05, 0.1) is 18.3 Å². The summed E-state index contributed by atoms with van der Waals surface area (Å²) >= 11 is 0. The van der Waals surface area contributed by atoms with Crippen molar-refractivity contribution < 1.29 is 23.1 Å². The fourth-order valence-electron chi connectivity index (χ4n) is 5.26. The van der Waals surface area contributed by atoms with Gasteiger partial charge in [-0.3, -0.25) is 0 Å². The van der Waals surface area contributed by atoms with Gasteiger partial charge in [-0.2, -0.15) is 0 Å². The Balaban J connectivity index is 2.33. The molecule has 1 unspecified atom stereocenters. The molecule has 0 spiro atoms. The molecule has 0 bridgehead atoms. The van der Waals surface area contributed by atoms with Crippen LogP contribution in [0.4, 0.5) is 0 Å². The summed E-state index contributed by atoms with van der Waals surface area (Å²) in [6.45, 7) is 24.7. The molecule has 1 saturated heterocycles. The Morgan fingerprint density at radius 3 is 2.19 bits per heavy atom. The highest BCUT2D eigenvalue weighted by atomic mass is 28.4. The fourth-order valence-corrected chi connectivity index (χ4v) is 9.16. The van der Waals surface area contributed by atoms with Crippen molar-refractivity contribution in [3.8, 4) is 0 Å². The van der Waals surface area contributed by atoms with Crippen LogP contribution in [-0.2, 0) is 18.3 Å². The Labute approximate surface area is 224 Å². The van der Waals surface area contributed by atoms with Crippen LogP contribution in [-0.4, -0.2) is 52.9 Å². The summed E-state index contributed by atoms with van der Waals surface area (Å²) in [5.41, 5.74) is 0.266. The second-order valence-electron chi connectivity index (χ2n) is 12.9. The third-order valence-corrected chi connectivity index (χ3v) is 17.1. The summed E-state index contributed by atoms with van der Waals surface area (Å²) in [7, 11) is -4.82. The molecule has 1 N–H and O–H groups in total. The third kappa shape index (κ3) is 7.87. The van der Waals surface area contributed by atoms with Gasteiger partial charge < -0.3 is 23.1 Å². The van der Waals surface area contributed by atoms with E-state index in [0.29, 0.717) is 12.5 Å². The zero-order valence-electron chi connectivity index (χ0n) is 25.0. The maximum Gasteiger partial charge on any atom is 0.341 e. The lowest BCUT2D eigenvalue weighted by Crippen LogP contribution is -2.49. The van der Waals surface area contributed by atoms with Gasteiger partial charge in [0.1, 0.15) is 0 Å². The standard InChI is InChI=1S/C29H56O5Si2/c1-12-14-15-16-23(33-35(10,11)29(7,8)9)17-18-24-25-19-28(31-13-2)32-26(25)20-27(24)34-36(30,21(3)4)22(5)6/h14-15,17-18,21-28,30H,12-13,16,19-20H2,1-11H3/b15-14-,18-17+/t23-,24-,25+,26-,27+,28?/m0/s1. The van der Waals surface area contributed by atoms with Gasteiger partial charge in [-0.05, 0) is 61.3 Å². The molecule has 210 valence electrons. The molecule has 0 aromatic rings. The highest BCUT2D eigenvalue weighted by Gasteiger charge is 2.53. The molecule has 0 amide bonds. The van der Waals surface area contributed by atoms with Crippen molar-refractivity contribution in [3.63, 3.8) is 0 Å². The Bertz CT molecular complexity index is 720. The summed E-state index contributed by atoms with van der Waals surface area (Å²) in [4.78, 5) is 11.6. The third-order valence-electron chi connectivity index (χ3n) is 8.58. The van der Waals surface area contributed by atoms with Gasteiger partial charge in [-0.1, -0.05) is 79.7 Å². The van der Waals surface area contributed by atoms with Gasteiger partial charge in [0, 0.05) is 18.9 Å². The highest BCUT2D eigenvalue weighted by molar-refractivity contribution is 6.74. The predicted octanol–water partition coefficient (Wildman–Crippen LogP) is 7.72. The lowest BCUT2D eigenvalue weighted by atomic mass is 9.91. The zero-order chi connectivity index (χ0) is 27.3. The van der Waals surface area contributed by atoms with Crippen molar-refractivity contribution in [1.29, 1.82) is 0 Å². The Kier molecular flexibility index (Phi) is 11.7. The Hall–Kier alpha value is -0.286. The van der Waals surface area contributed by atoms with E-state index >= 15 is 0 Å². The van der Waals surface area contributed by atoms with Crippen molar-refractivity contribution in [3.05, 3.63) is 24.3 Å². The quantitative estimate of drug-likeness (QED) is 0.191. The van der Waals surface area contributed by atoms with Crippen molar-refractivity contribution in [2.75, 3.05) is 6.61 Å².